The third kappa shape index (κ3) is 5.16. The Balaban J connectivity index is 2.58. The molecule has 0 amide bonds. The van der Waals surface area contributed by atoms with Gasteiger partial charge in [-0.1, -0.05) is 13.8 Å². The van der Waals surface area contributed by atoms with Crippen LogP contribution in [-0.4, -0.2) is 29.3 Å². The van der Waals surface area contributed by atoms with Crippen LogP contribution in [0, 0.1) is 2.88 Å². The summed E-state index contributed by atoms with van der Waals surface area (Å²) in [5.74, 6) is 0.282. The number of hydrogen-bond donors (Lipinski definition) is 0. The maximum Gasteiger partial charge on any atom is 0.174 e. The average molecular weight is 393 g/mol. The normalized spacial score (nSPS) is 14.6. The summed E-state index contributed by atoms with van der Waals surface area (Å²) in [6.45, 7) is 9.81. The molecule has 2 nitrogen and oxygen atoms in total. The fourth-order valence-electron chi connectivity index (χ4n) is 2.16. The van der Waals surface area contributed by atoms with Crippen molar-refractivity contribution in [3.63, 3.8) is 0 Å². The average Bonchev–Trinajstić information content (AvgIpc) is 2.84. The van der Waals surface area contributed by atoms with Crippen molar-refractivity contribution >= 4 is 39.7 Å². The van der Waals surface area contributed by atoms with Crippen molar-refractivity contribution in [2.45, 2.75) is 59.0 Å². The summed E-state index contributed by atoms with van der Waals surface area (Å²) < 4.78 is 1.18. The zero-order valence-corrected chi connectivity index (χ0v) is 15.3. The first-order valence-electron chi connectivity index (χ1n) is 7.03. The maximum atomic E-state index is 12.2. The van der Waals surface area contributed by atoms with E-state index in [4.69, 9.17) is 0 Å². The zero-order chi connectivity index (χ0) is 14.4. The van der Waals surface area contributed by atoms with Gasteiger partial charge in [-0.3, -0.25) is 9.69 Å². The molecule has 0 N–H and O–H groups in total. The molecule has 0 saturated carbocycles. The van der Waals surface area contributed by atoms with E-state index < -0.39 is 0 Å². The summed E-state index contributed by atoms with van der Waals surface area (Å²) in [4.78, 5) is 15.5. The summed E-state index contributed by atoms with van der Waals surface area (Å²) in [6.07, 6.45) is 2.90. The molecule has 0 fully saturated rings. The molecule has 0 saturated heterocycles. The molecule has 1 heterocycles. The minimum Gasteiger partial charge on any atom is -0.298 e. The van der Waals surface area contributed by atoms with Crippen LogP contribution in [0.2, 0.25) is 0 Å². The monoisotopic (exact) mass is 393 g/mol. The van der Waals surface area contributed by atoms with Gasteiger partial charge >= 0.3 is 0 Å². The van der Waals surface area contributed by atoms with Gasteiger partial charge in [-0.05, 0) is 61.4 Å². The molecule has 0 aliphatic carbocycles. The van der Waals surface area contributed by atoms with Gasteiger partial charge in [0.25, 0.3) is 0 Å². The molecule has 0 spiro atoms. The summed E-state index contributed by atoms with van der Waals surface area (Å²) in [7, 11) is 0. The van der Waals surface area contributed by atoms with Crippen molar-refractivity contribution < 1.29 is 4.79 Å². The van der Waals surface area contributed by atoms with Crippen molar-refractivity contribution in [3.8, 4) is 0 Å². The van der Waals surface area contributed by atoms with Gasteiger partial charge in [-0.25, -0.2) is 0 Å². The van der Waals surface area contributed by atoms with E-state index in [0.29, 0.717) is 18.5 Å². The quantitative estimate of drug-likeness (QED) is 0.466. The molecule has 1 aromatic heterocycles. The van der Waals surface area contributed by atoms with E-state index in [1.54, 1.807) is 11.3 Å². The van der Waals surface area contributed by atoms with Gasteiger partial charge in [0, 0.05) is 25.0 Å². The van der Waals surface area contributed by atoms with Crippen LogP contribution in [0.15, 0.2) is 12.1 Å². The molecule has 108 valence electrons. The van der Waals surface area contributed by atoms with Crippen LogP contribution in [0.4, 0.5) is 0 Å². The van der Waals surface area contributed by atoms with Crippen LogP contribution in [0.1, 0.15) is 56.6 Å². The highest BCUT2D eigenvalue weighted by Gasteiger charge is 2.19. The molecule has 0 aromatic carbocycles. The van der Waals surface area contributed by atoms with Crippen LogP contribution < -0.4 is 0 Å². The highest BCUT2D eigenvalue weighted by Crippen LogP contribution is 2.20. The Bertz CT molecular complexity index is 395. The summed E-state index contributed by atoms with van der Waals surface area (Å²) in [5, 5.41) is 0. The molecule has 2 atom stereocenters. The van der Waals surface area contributed by atoms with Crippen molar-refractivity contribution in [2.75, 3.05) is 6.54 Å². The lowest BCUT2D eigenvalue weighted by molar-refractivity contribution is 0.0924. The minimum atomic E-state index is 0.282. The Labute approximate surface area is 134 Å². The third-order valence-corrected chi connectivity index (χ3v) is 5.69. The van der Waals surface area contributed by atoms with E-state index in [0.717, 1.165) is 24.3 Å². The fourth-order valence-corrected chi connectivity index (χ4v) is 3.75. The van der Waals surface area contributed by atoms with Gasteiger partial charge in [0.15, 0.2) is 5.78 Å². The van der Waals surface area contributed by atoms with Crippen LogP contribution >= 0.6 is 33.9 Å². The number of rotatable bonds is 8. The lowest BCUT2D eigenvalue weighted by Crippen LogP contribution is -2.40. The molecule has 0 aliphatic heterocycles. The Morgan fingerprint density at radius 2 is 1.84 bits per heavy atom. The van der Waals surface area contributed by atoms with Crippen molar-refractivity contribution in [3.05, 3.63) is 19.9 Å². The van der Waals surface area contributed by atoms with Crippen molar-refractivity contribution in [1.82, 2.24) is 4.90 Å². The van der Waals surface area contributed by atoms with E-state index >= 15 is 0 Å². The molecular weight excluding hydrogens is 369 g/mol. The number of carbonyl (C=O) groups is 1. The van der Waals surface area contributed by atoms with Gasteiger partial charge in [-0.15, -0.1) is 11.3 Å². The maximum absolute atomic E-state index is 12.2. The summed E-state index contributed by atoms with van der Waals surface area (Å²) in [5.41, 5.74) is 0. The van der Waals surface area contributed by atoms with Crippen LogP contribution in [0.5, 0.6) is 0 Å². The highest BCUT2D eigenvalue weighted by atomic mass is 127. The summed E-state index contributed by atoms with van der Waals surface area (Å²) in [6, 6.07) is 5.06. The standard InChI is InChI=1S/C15H24INOS/c1-5-11(3)17(12(4)6-2)10-9-13(18)14-7-8-15(16)19-14/h7-8,11-12H,5-6,9-10H2,1-4H3. The first-order valence-corrected chi connectivity index (χ1v) is 8.93. The lowest BCUT2D eigenvalue weighted by atomic mass is 10.1. The Kier molecular flexibility index (Phi) is 7.54. The molecule has 0 aliphatic rings. The van der Waals surface area contributed by atoms with Gasteiger partial charge in [-0.2, -0.15) is 0 Å². The number of hydrogen-bond acceptors (Lipinski definition) is 3. The van der Waals surface area contributed by atoms with E-state index in [1.165, 1.54) is 2.88 Å². The SMILES string of the molecule is CCC(C)N(CCC(=O)c1ccc(I)s1)C(C)CC. The van der Waals surface area contributed by atoms with E-state index in [-0.39, 0.29) is 5.78 Å². The Morgan fingerprint density at radius 1 is 1.26 bits per heavy atom. The molecule has 0 bridgehead atoms. The molecule has 1 aromatic rings. The summed E-state index contributed by atoms with van der Waals surface area (Å²) >= 11 is 3.86. The smallest absolute Gasteiger partial charge is 0.174 e. The second-order valence-electron chi connectivity index (χ2n) is 5.03. The first-order chi connectivity index (χ1) is 8.99. The molecule has 4 heteroatoms. The van der Waals surface area contributed by atoms with E-state index in [1.807, 2.05) is 12.1 Å². The number of carbonyl (C=O) groups excluding carboxylic acids is 1. The number of ketones is 1. The Hall–Kier alpha value is 0.0600. The fraction of sp³-hybridized carbons (Fsp3) is 0.667. The van der Waals surface area contributed by atoms with Crippen molar-refractivity contribution in [1.29, 1.82) is 0 Å². The third-order valence-electron chi connectivity index (χ3n) is 3.76. The van der Waals surface area contributed by atoms with Gasteiger partial charge in [0.1, 0.15) is 0 Å². The minimum absolute atomic E-state index is 0.282. The second-order valence-corrected chi connectivity index (χ2v) is 8.01. The van der Waals surface area contributed by atoms with E-state index in [2.05, 4.69) is 55.2 Å². The zero-order valence-electron chi connectivity index (χ0n) is 12.3. The second kappa shape index (κ2) is 8.37. The topological polar surface area (TPSA) is 20.3 Å². The molecule has 0 radical (unpaired) electrons. The molecule has 19 heavy (non-hydrogen) atoms. The Morgan fingerprint density at radius 3 is 2.26 bits per heavy atom. The van der Waals surface area contributed by atoms with Gasteiger partial charge < -0.3 is 0 Å². The number of halogens is 1. The van der Waals surface area contributed by atoms with Crippen LogP contribution in [0.25, 0.3) is 0 Å². The van der Waals surface area contributed by atoms with Gasteiger partial charge in [0.2, 0.25) is 0 Å². The molecule has 2 unspecified atom stereocenters. The lowest BCUT2D eigenvalue weighted by Gasteiger charge is -2.33. The van der Waals surface area contributed by atoms with Crippen LogP contribution in [-0.2, 0) is 0 Å². The predicted octanol–water partition coefficient (Wildman–Crippen LogP) is 4.82. The van der Waals surface area contributed by atoms with E-state index in [9.17, 15) is 4.79 Å². The number of Topliss-reactive ketones (excluding diaryl/α,β-unsaturated/α-hetero) is 1. The van der Waals surface area contributed by atoms with Crippen LogP contribution in [0.3, 0.4) is 0 Å². The highest BCUT2D eigenvalue weighted by molar-refractivity contribution is 14.1. The first kappa shape index (κ1) is 17.1. The predicted molar refractivity (Wildman–Crippen MR) is 92.2 cm³/mol. The van der Waals surface area contributed by atoms with Gasteiger partial charge in [0.05, 0.1) is 7.76 Å². The number of thiophene rings is 1. The number of nitrogens with zero attached hydrogens (tertiary/aromatic N) is 1. The van der Waals surface area contributed by atoms with Crippen molar-refractivity contribution in [2.24, 2.45) is 0 Å². The molecular formula is C15H24INOS. The molecule has 1 rings (SSSR count). The largest absolute Gasteiger partial charge is 0.298 e.